The molecule has 0 spiro atoms. The summed E-state index contributed by atoms with van der Waals surface area (Å²) in [6, 6.07) is 12.3. The predicted octanol–water partition coefficient (Wildman–Crippen LogP) is 6.85. The van der Waals surface area contributed by atoms with E-state index in [4.69, 9.17) is 9.47 Å². The van der Waals surface area contributed by atoms with Gasteiger partial charge in [0, 0.05) is 26.1 Å². The SMILES string of the molecule is CNC(C)C(=O)N[C@H]1CCS[C@H]2CC(C)(C)[C@@H](C(=O)N[C@H]3c4ccccc4C[C@H]3OCCCCCCCCCCCCO[C@@H]3Cc4ccccc4[C@@H]3NC(=O)[C@H]3N4C(=O)[C@@H](NC(=O)C(C)NC)CCS[C@H]4CC3(C)C)N2C1=O. The van der Waals surface area contributed by atoms with Crippen molar-refractivity contribution >= 4 is 59.0 Å². The van der Waals surface area contributed by atoms with Crippen molar-refractivity contribution in [1.29, 1.82) is 0 Å². The molecule has 18 heteroatoms. The van der Waals surface area contributed by atoms with Crippen molar-refractivity contribution in [1.82, 2.24) is 41.7 Å². The third-order valence-corrected chi connectivity index (χ3v) is 20.0. The van der Waals surface area contributed by atoms with Crippen LogP contribution in [0.4, 0.5) is 0 Å². The average Bonchev–Trinajstić information content (AvgIpc) is 4.16. The molecular weight excluding hydrogens is 1020 g/mol. The van der Waals surface area contributed by atoms with Crippen LogP contribution < -0.4 is 31.9 Å². The lowest BCUT2D eigenvalue weighted by Gasteiger charge is -2.35. The molecule has 8 rings (SSSR count). The second-order valence-electron chi connectivity index (χ2n) is 24.2. The number of rotatable bonds is 25. The van der Waals surface area contributed by atoms with Crippen LogP contribution in [-0.2, 0) is 51.1 Å². The molecule has 2 unspecified atom stereocenters. The fraction of sp³-hybridized carbons (Fsp3) is 0.700. The smallest absolute Gasteiger partial charge is 0.246 e. The van der Waals surface area contributed by atoms with Gasteiger partial charge in [0.1, 0.15) is 24.2 Å². The Morgan fingerprint density at radius 2 is 0.923 bits per heavy atom. The fourth-order valence-corrected chi connectivity index (χ4v) is 16.0. The molecule has 16 nitrogen and oxygen atoms in total. The molecule has 6 aliphatic rings. The van der Waals surface area contributed by atoms with Crippen LogP contribution in [0.5, 0.6) is 0 Å². The van der Waals surface area contributed by atoms with Gasteiger partial charge >= 0.3 is 0 Å². The van der Waals surface area contributed by atoms with Gasteiger partial charge < -0.3 is 51.2 Å². The van der Waals surface area contributed by atoms with Crippen molar-refractivity contribution in [3.8, 4) is 0 Å². The summed E-state index contributed by atoms with van der Waals surface area (Å²) in [7, 11) is 3.44. The van der Waals surface area contributed by atoms with Crippen molar-refractivity contribution in [3.05, 3.63) is 70.8 Å². The minimum Gasteiger partial charge on any atom is -0.375 e. The molecule has 6 N–H and O–H groups in total. The van der Waals surface area contributed by atoms with E-state index in [-0.39, 0.29) is 70.5 Å². The third kappa shape index (κ3) is 13.9. The van der Waals surface area contributed by atoms with Gasteiger partial charge in [-0.1, -0.05) is 128 Å². The number of nitrogens with one attached hydrogen (secondary N) is 6. The van der Waals surface area contributed by atoms with Crippen LogP contribution in [0.15, 0.2) is 48.5 Å². The van der Waals surface area contributed by atoms with E-state index < -0.39 is 47.1 Å². The van der Waals surface area contributed by atoms with Gasteiger partial charge in [-0.15, -0.1) is 23.5 Å². The van der Waals surface area contributed by atoms with Crippen molar-refractivity contribution in [2.24, 2.45) is 10.8 Å². The predicted molar refractivity (Wildman–Crippen MR) is 308 cm³/mol. The standard InChI is InChI=1S/C60H90N8O8S2/c1-37(61-7)53(69)63-43-27-31-77-47-35-59(3,4)51(67(47)57(43)73)55(71)65-49-41-25-19-17-23-39(41)33-45(49)75-29-21-15-13-11-9-10-12-14-16-22-30-76-46-34-40-24-18-20-26-42(40)50(46)66-56(72)52-60(5,6)36-48-68(52)58(74)44(28-32-78-48)64-54(70)38(2)62-8/h17-20,23-26,37-38,43-52,61-62H,9-16,21-22,27-36H2,1-8H3,(H,63,69)(H,64,70)(H,65,71)(H,66,72)/t37?,38?,43-,44-,45+,46+,47-,48-,49-,50-,51+,52+/m0/s1. The number of likely N-dealkylation sites (N-methyl/N-ethyl adjacent to an activating group) is 2. The van der Waals surface area contributed by atoms with Gasteiger partial charge in [-0.25, -0.2) is 0 Å². The van der Waals surface area contributed by atoms with E-state index in [1.165, 1.54) is 36.8 Å². The summed E-state index contributed by atoms with van der Waals surface area (Å²) in [5.41, 5.74) is 3.58. The lowest BCUT2D eigenvalue weighted by Crippen LogP contribution is -2.58. The zero-order chi connectivity index (χ0) is 55.7. The van der Waals surface area contributed by atoms with E-state index in [9.17, 15) is 28.8 Å². The van der Waals surface area contributed by atoms with Crippen LogP contribution in [-0.4, -0.2) is 143 Å². The Balaban J connectivity index is 0.732. The van der Waals surface area contributed by atoms with E-state index in [2.05, 4.69) is 83.9 Å². The number of carbonyl (C=O) groups is 6. The number of amides is 6. The van der Waals surface area contributed by atoms with Gasteiger partial charge in [0.25, 0.3) is 0 Å². The molecular formula is C60H90N8O8S2. The molecule has 0 radical (unpaired) electrons. The van der Waals surface area contributed by atoms with Crippen molar-refractivity contribution < 1.29 is 38.2 Å². The molecule has 0 aromatic heterocycles. The summed E-state index contributed by atoms with van der Waals surface area (Å²) in [5.74, 6) is 0.286. The van der Waals surface area contributed by atoms with Gasteiger partial charge in [-0.3, -0.25) is 28.8 Å². The van der Waals surface area contributed by atoms with Gasteiger partial charge in [-0.2, -0.15) is 0 Å². The fourth-order valence-electron chi connectivity index (χ4n) is 12.9. The number of ether oxygens (including phenoxy) is 2. The van der Waals surface area contributed by atoms with Crippen molar-refractivity contribution in [2.75, 3.05) is 38.8 Å². The summed E-state index contributed by atoms with van der Waals surface area (Å²) in [6.07, 6.45) is 14.7. The largest absolute Gasteiger partial charge is 0.375 e. The van der Waals surface area contributed by atoms with Gasteiger partial charge in [0.15, 0.2) is 0 Å². The molecule has 2 aliphatic carbocycles. The van der Waals surface area contributed by atoms with Crippen LogP contribution in [0.2, 0.25) is 0 Å². The molecule has 2 aromatic rings. The van der Waals surface area contributed by atoms with Crippen LogP contribution in [0.1, 0.15) is 166 Å². The molecule has 12 atom stereocenters. The number of unbranched alkanes of at least 4 members (excludes halogenated alkanes) is 9. The first-order valence-electron chi connectivity index (χ1n) is 29.3. The minimum absolute atomic E-state index is 0.132. The zero-order valence-electron chi connectivity index (χ0n) is 47.7. The first-order chi connectivity index (χ1) is 37.4. The van der Waals surface area contributed by atoms with Crippen LogP contribution in [0.3, 0.4) is 0 Å². The highest BCUT2D eigenvalue weighted by Crippen LogP contribution is 2.49. The normalized spacial score (nSPS) is 28.6. The monoisotopic (exact) mass is 1110 g/mol. The molecule has 6 amide bonds. The topological polar surface area (TPSA) is 200 Å². The molecule has 78 heavy (non-hydrogen) atoms. The molecule has 4 fully saturated rings. The molecule has 0 bridgehead atoms. The van der Waals surface area contributed by atoms with Gasteiger partial charge in [0.2, 0.25) is 35.4 Å². The number of thioether (sulfide) groups is 2. The summed E-state index contributed by atoms with van der Waals surface area (Å²) >= 11 is 3.40. The van der Waals surface area contributed by atoms with Gasteiger partial charge in [0.05, 0.1) is 47.1 Å². The number of fused-ring (bicyclic) bond motifs is 4. The third-order valence-electron chi connectivity index (χ3n) is 17.5. The van der Waals surface area contributed by atoms with Crippen molar-refractivity contribution in [2.45, 2.75) is 216 Å². The van der Waals surface area contributed by atoms with E-state index in [0.29, 0.717) is 38.9 Å². The van der Waals surface area contributed by atoms with Crippen LogP contribution in [0.25, 0.3) is 0 Å². The maximum atomic E-state index is 14.5. The Hall–Kier alpha value is -4.20. The second kappa shape index (κ2) is 27.0. The number of carbonyl (C=O) groups excluding carboxylic acids is 6. The minimum atomic E-state index is -0.677. The summed E-state index contributed by atoms with van der Waals surface area (Å²) in [4.78, 5) is 86.6. The second-order valence-corrected chi connectivity index (χ2v) is 26.8. The summed E-state index contributed by atoms with van der Waals surface area (Å²) in [5, 5.41) is 18.3. The molecule has 0 saturated carbocycles. The quantitative estimate of drug-likeness (QED) is 0.0567. The Labute approximate surface area is 472 Å². The first kappa shape index (κ1) is 59.9. The van der Waals surface area contributed by atoms with E-state index in [1.54, 1.807) is 61.3 Å². The number of hydrogen-bond donors (Lipinski definition) is 6. The Kier molecular flexibility index (Phi) is 20.8. The maximum absolute atomic E-state index is 14.5. The average molecular weight is 1120 g/mol. The summed E-state index contributed by atoms with van der Waals surface area (Å²) in [6.45, 7) is 13.1. The highest BCUT2D eigenvalue weighted by Gasteiger charge is 2.57. The molecule has 2 aromatic carbocycles. The molecule has 4 saturated heterocycles. The maximum Gasteiger partial charge on any atom is 0.246 e. The van der Waals surface area contributed by atoms with E-state index in [0.717, 1.165) is 74.0 Å². The highest BCUT2D eigenvalue weighted by atomic mass is 32.2. The number of nitrogens with zero attached hydrogens (tertiary/aromatic N) is 2. The Morgan fingerprint density at radius 3 is 1.29 bits per heavy atom. The molecule has 4 aliphatic heterocycles. The Bertz CT molecular complexity index is 2260. The van der Waals surface area contributed by atoms with E-state index in [1.807, 2.05) is 24.3 Å². The Morgan fingerprint density at radius 1 is 0.564 bits per heavy atom. The summed E-state index contributed by atoms with van der Waals surface area (Å²) < 4.78 is 13.2. The lowest BCUT2D eigenvalue weighted by molar-refractivity contribution is -0.144. The number of hydrogen-bond acceptors (Lipinski definition) is 12. The van der Waals surface area contributed by atoms with Gasteiger partial charge in [-0.05, 0) is 111 Å². The van der Waals surface area contributed by atoms with Crippen LogP contribution in [0, 0.1) is 10.8 Å². The highest BCUT2D eigenvalue weighted by molar-refractivity contribution is 8.00. The van der Waals surface area contributed by atoms with E-state index >= 15 is 0 Å². The molecule has 430 valence electrons. The van der Waals surface area contributed by atoms with Crippen LogP contribution >= 0.6 is 23.5 Å². The molecule has 4 heterocycles. The first-order valence-corrected chi connectivity index (χ1v) is 31.4. The number of benzene rings is 2. The van der Waals surface area contributed by atoms with Crippen molar-refractivity contribution in [3.63, 3.8) is 0 Å². The zero-order valence-corrected chi connectivity index (χ0v) is 49.3. The lowest BCUT2D eigenvalue weighted by atomic mass is 9.83.